The van der Waals surface area contributed by atoms with Gasteiger partial charge in [0.2, 0.25) is 11.8 Å². The van der Waals surface area contributed by atoms with Crippen molar-refractivity contribution in [3.05, 3.63) is 39.7 Å². The molecule has 0 spiro atoms. The highest BCUT2D eigenvalue weighted by Crippen LogP contribution is 2.43. The van der Waals surface area contributed by atoms with Crippen molar-refractivity contribution in [3.63, 3.8) is 0 Å². The Labute approximate surface area is 236 Å². The molecule has 0 aromatic heterocycles. The van der Waals surface area contributed by atoms with Gasteiger partial charge in [0.25, 0.3) is 6.43 Å². The number of benzene rings is 1. The quantitative estimate of drug-likeness (QED) is 0.297. The third-order valence-corrected chi connectivity index (χ3v) is 8.47. The number of ether oxygens (including phenoxy) is 1. The molecular formula is C27H36ClF2N5O5. The summed E-state index contributed by atoms with van der Waals surface area (Å²) < 4.78 is 33.0. The Balaban J connectivity index is 1.73. The van der Waals surface area contributed by atoms with Crippen LogP contribution in [0.2, 0.25) is 5.02 Å². The predicted octanol–water partition coefficient (Wildman–Crippen LogP) is 2.90. The van der Waals surface area contributed by atoms with E-state index in [9.17, 15) is 28.3 Å². The van der Waals surface area contributed by atoms with Crippen molar-refractivity contribution >= 4 is 29.4 Å². The molecule has 2 heterocycles. The molecule has 1 saturated heterocycles. The number of aliphatic carboxylic acids is 1. The van der Waals surface area contributed by atoms with Crippen LogP contribution in [0.5, 0.6) is 5.75 Å². The maximum atomic E-state index is 14.0. The third-order valence-electron chi connectivity index (χ3n) is 8.12. The molecule has 13 heteroatoms. The van der Waals surface area contributed by atoms with Crippen LogP contribution in [-0.2, 0) is 20.8 Å². The summed E-state index contributed by atoms with van der Waals surface area (Å²) in [7, 11) is 1.25. The highest BCUT2D eigenvalue weighted by atomic mass is 35.5. The fraction of sp³-hybridized carbons (Fsp3) is 0.593. The van der Waals surface area contributed by atoms with Gasteiger partial charge in [0.15, 0.2) is 0 Å². The number of carbonyl (C=O) groups is 3. The third kappa shape index (κ3) is 6.12. The van der Waals surface area contributed by atoms with Crippen LogP contribution in [0.15, 0.2) is 23.5 Å². The van der Waals surface area contributed by atoms with E-state index in [1.807, 2.05) is 0 Å². The van der Waals surface area contributed by atoms with Crippen molar-refractivity contribution in [2.75, 3.05) is 33.3 Å². The van der Waals surface area contributed by atoms with Crippen LogP contribution < -0.4 is 16.3 Å². The van der Waals surface area contributed by atoms with Gasteiger partial charge in [0.1, 0.15) is 18.1 Å². The molecule has 40 heavy (non-hydrogen) atoms. The minimum Gasteiger partial charge on any atom is -0.487 e. The molecule has 3 atom stereocenters. The minimum absolute atomic E-state index is 0.0372. The van der Waals surface area contributed by atoms with E-state index >= 15 is 0 Å². The van der Waals surface area contributed by atoms with Crippen LogP contribution in [-0.4, -0.2) is 77.4 Å². The highest BCUT2D eigenvalue weighted by Gasteiger charge is 2.43. The first kappa shape index (κ1) is 29.9. The van der Waals surface area contributed by atoms with Crippen LogP contribution in [0, 0.1) is 11.8 Å². The second-order valence-corrected chi connectivity index (χ2v) is 11.0. The zero-order valence-corrected chi connectivity index (χ0v) is 23.2. The number of hydrazine groups is 1. The van der Waals surface area contributed by atoms with E-state index < -0.39 is 42.6 Å². The molecule has 5 N–H and O–H groups in total. The average Bonchev–Trinajstić information content (AvgIpc) is 3.31. The SMILES string of the molecule is CN(N)/C(=C(\N)COc1ccc(Cl)c2c1[C@@H](CN1CCCC1=O)N(C(=O)[C@@H]1CCCC[C@@H]1C(=O)O)CC2)C(F)F. The molecule has 2 amide bonds. The summed E-state index contributed by atoms with van der Waals surface area (Å²) in [5.74, 6) is 3.07. The smallest absolute Gasteiger partial charge is 0.307 e. The number of alkyl halides is 2. The lowest BCUT2D eigenvalue weighted by Gasteiger charge is -2.43. The normalized spacial score (nSPS) is 23.6. The lowest BCUT2D eigenvalue weighted by atomic mass is 9.77. The van der Waals surface area contributed by atoms with Crippen molar-refractivity contribution in [3.8, 4) is 5.75 Å². The minimum atomic E-state index is -2.92. The zero-order chi connectivity index (χ0) is 29.1. The van der Waals surface area contributed by atoms with E-state index in [4.69, 9.17) is 27.9 Å². The Kier molecular flexibility index (Phi) is 9.40. The lowest BCUT2D eigenvalue weighted by Crippen LogP contribution is -2.50. The maximum absolute atomic E-state index is 14.0. The fourth-order valence-corrected chi connectivity index (χ4v) is 6.41. The van der Waals surface area contributed by atoms with E-state index in [1.165, 1.54) is 7.05 Å². The number of allylic oxidation sites excluding steroid dienone is 1. The molecule has 1 aliphatic carbocycles. The standard InChI is InChI=1S/C27H36ClF2N5O5/c1-33(32)24(25(29)30)19(31)14-40-21-9-8-18(28)17-10-12-35(20(23(17)21)13-34-11-4-7-22(34)36)26(37)15-5-2-3-6-16(15)27(38)39/h8-9,15-16,20,25H,2-7,10-14,31-32H2,1H3,(H,38,39)/b24-19-/t15-,16+,20-/m1/s1. The number of carbonyl (C=O) groups excluding carboxylic acids is 2. The molecule has 3 aliphatic rings. The molecule has 0 radical (unpaired) electrons. The van der Waals surface area contributed by atoms with E-state index in [2.05, 4.69) is 0 Å². The first-order valence-electron chi connectivity index (χ1n) is 13.5. The predicted molar refractivity (Wildman–Crippen MR) is 143 cm³/mol. The number of hydrogen-bond donors (Lipinski definition) is 3. The van der Waals surface area contributed by atoms with Crippen LogP contribution in [0.3, 0.4) is 0 Å². The number of nitrogens with zero attached hydrogens (tertiary/aromatic N) is 3. The van der Waals surface area contributed by atoms with Crippen molar-refractivity contribution in [2.24, 2.45) is 23.4 Å². The summed E-state index contributed by atoms with van der Waals surface area (Å²) in [6, 6.07) is 2.56. The Bertz CT molecular complexity index is 1170. The summed E-state index contributed by atoms with van der Waals surface area (Å²) in [5, 5.41) is 11.0. The molecule has 0 unspecified atom stereocenters. The Morgan fingerprint density at radius 2 is 1.88 bits per heavy atom. The van der Waals surface area contributed by atoms with Gasteiger partial charge < -0.3 is 30.4 Å². The van der Waals surface area contributed by atoms with E-state index in [-0.39, 0.29) is 24.1 Å². The van der Waals surface area contributed by atoms with E-state index in [0.717, 1.165) is 23.4 Å². The van der Waals surface area contributed by atoms with Gasteiger partial charge in [-0.3, -0.25) is 14.4 Å². The maximum Gasteiger partial charge on any atom is 0.307 e. The first-order chi connectivity index (χ1) is 19.0. The van der Waals surface area contributed by atoms with Crippen molar-refractivity contribution in [1.29, 1.82) is 0 Å². The molecular weight excluding hydrogens is 548 g/mol. The Morgan fingerprint density at radius 3 is 2.48 bits per heavy atom. The van der Waals surface area contributed by atoms with Crippen molar-refractivity contribution in [1.82, 2.24) is 14.8 Å². The number of carboxylic acids is 1. The van der Waals surface area contributed by atoms with Crippen molar-refractivity contribution < 1.29 is 33.0 Å². The summed E-state index contributed by atoms with van der Waals surface area (Å²) >= 11 is 6.59. The number of likely N-dealkylation sites (tertiary alicyclic amines) is 1. The van der Waals surface area contributed by atoms with Gasteiger partial charge in [-0.05, 0) is 43.4 Å². The van der Waals surface area contributed by atoms with Gasteiger partial charge in [0.05, 0.1) is 23.6 Å². The van der Waals surface area contributed by atoms with Crippen LogP contribution in [0.1, 0.15) is 55.7 Å². The number of nitrogens with two attached hydrogens (primary N) is 2. The molecule has 1 saturated carbocycles. The van der Waals surface area contributed by atoms with Gasteiger partial charge in [-0.25, -0.2) is 14.6 Å². The number of halogens is 3. The van der Waals surface area contributed by atoms with Crippen molar-refractivity contribution in [2.45, 2.75) is 57.4 Å². The number of fused-ring (bicyclic) bond motifs is 1. The molecule has 4 rings (SSSR count). The van der Waals surface area contributed by atoms with E-state index in [0.29, 0.717) is 61.5 Å². The van der Waals surface area contributed by atoms with Crippen LogP contribution in [0.25, 0.3) is 0 Å². The number of rotatable bonds is 9. The second kappa shape index (κ2) is 12.6. The summed E-state index contributed by atoms with van der Waals surface area (Å²) in [6.45, 7) is 0.598. The Hall–Kier alpha value is -3.12. The molecule has 2 fully saturated rings. The number of amides is 2. The second-order valence-electron chi connectivity index (χ2n) is 10.6. The highest BCUT2D eigenvalue weighted by molar-refractivity contribution is 6.31. The van der Waals surface area contributed by atoms with Gasteiger partial charge in [-0.15, -0.1) is 0 Å². The van der Waals surface area contributed by atoms with Gasteiger partial charge in [-0.1, -0.05) is 24.4 Å². The van der Waals surface area contributed by atoms with Gasteiger partial charge in [-0.2, -0.15) is 0 Å². The summed E-state index contributed by atoms with van der Waals surface area (Å²) in [4.78, 5) is 42.0. The monoisotopic (exact) mass is 583 g/mol. The van der Waals surface area contributed by atoms with Gasteiger partial charge >= 0.3 is 5.97 Å². The zero-order valence-electron chi connectivity index (χ0n) is 22.5. The molecule has 220 valence electrons. The van der Waals surface area contributed by atoms with Crippen LogP contribution in [0.4, 0.5) is 8.78 Å². The number of carboxylic acid groups (broad SMARTS) is 1. The fourth-order valence-electron chi connectivity index (χ4n) is 6.15. The Morgan fingerprint density at radius 1 is 1.18 bits per heavy atom. The molecule has 1 aromatic carbocycles. The summed E-state index contributed by atoms with van der Waals surface area (Å²) in [6.07, 6.45) is 0.962. The molecule has 0 bridgehead atoms. The topological polar surface area (TPSA) is 142 Å². The number of hydrogen-bond acceptors (Lipinski definition) is 7. The lowest BCUT2D eigenvalue weighted by molar-refractivity contribution is -0.154. The van der Waals surface area contributed by atoms with Crippen LogP contribution >= 0.6 is 11.6 Å². The molecule has 1 aromatic rings. The molecule has 10 nitrogen and oxygen atoms in total. The van der Waals surface area contributed by atoms with E-state index in [1.54, 1.807) is 21.9 Å². The average molecular weight is 584 g/mol. The molecule has 2 aliphatic heterocycles. The summed E-state index contributed by atoms with van der Waals surface area (Å²) in [5.41, 5.74) is 6.40. The van der Waals surface area contributed by atoms with Gasteiger partial charge in [0, 0.05) is 43.7 Å². The first-order valence-corrected chi connectivity index (χ1v) is 13.9. The largest absolute Gasteiger partial charge is 0.487 e.